The highest BCUT2D eigenvalue weighted by molar-refractivity contribution is 5.94. The average molecular weight is 308 g/mol. The van der Waals surface area contributed by atoms with E-state index >= 15 is 0 Å². The van der Waals surface area contributed by atoms with Crippen LogP contribution in [0.4, 0.5) is 10.1 Å². The van der Waals surface area contributed by atoms with Crippen LogP contribution in [0.25, 0.3) is 10.9 Å². The van der Waals surface area contributed by atoms with E-state index < -0.39 is 0 Å². The molecule has 2 N–H and O–H groups in total. The fourth-order valence-electron chi connectivity index (χ4n) is 4.44. The fraction of sp³-hybridized carbons (Fsp3) is 0.300. The van der Waals surface area contributed by atoms with Crippen molar-refractivity contribution >= 4 is 16.6 Å². The second-order valence-corrected chi connectivity index (χ2v) is 6.63. The van der Waals surface area contributed by atoms with Crippen LogP contribution in [0, 0.1) is 5.82 Å². The van der Waals surface area contributed by atoms with Gasteiger partial charge in [-0.1, -0.05) is 25.1 Å². The molecule has 0 bridgehead atoms. The SMILES string of the molecule is CCC1(c2cn(C)c3c(N)cccc23)CCc2cc(F)ccc21. The van der Waals surface area contributed by atoms with Gasteiger partial charge in [-0.2, -0.15) is 0 Å². The quantitative estimate of drug-likeness (QED) is 0.692. The van der Waals surface area contributed by atoms with Crippen LogP contribution in [0.3, 0.4) is 0 Å². The summed E-state index contributed by atoms with van der Waals surface area (Å²) in [5.41, 5.74) is 11.8. The zero-order chi connectivity index (χ0) is 16.2. The van der Waals surface area contributed by atoms with Gasteiger partial charge in [-0.05, 0) is 54.2 Å². The lowest BCUT2D eigenvalue weighted by Gasteiger charge is -2.29. The van der Waals surface area contributed by atoms with Gasteiger partial charge in [0.05, 0.1) is 11.2 Å². The number of hydrogen-bond acceptors (Lipinski definition) is 1. The van der Waals surface area contributed by atoms with Gasteiger partial charge in [0.2, 0.25) is 0 Å². The summed E-state index contributed by atoms with van der Waals surface area (Å²) in [4.78, 5) is 0. The Kier molecular flexibility index (Phi) is 3.02. The first-order valence-corrected chi connectivity index (χ1v) is 8.20. The zero-order valence-electron chi connectivity index (χ0n) is 13.6. The number of fused-ring (bicyclic) bond motifs is 2. The minimum absolute atomic E-state index is 0.0453. The van der Waals surface area contributed by atoms with E-state index in [1.807, 2.05) is 25.2 Å². The first-order valence-electron chi connectivity index (χ1n) is 8.20. The first kappa shape index (κ1) is 14.3. The van der Waals surface area contributed by atoms with Gasteiger partial charge >= 0.3 is 0 Å². The predicted molar refractivity (Wildman–Crippen MR) is 93.1 cm³/mol. The maximum absolute atomic E-state index is 13.6. The number of aromatic nitrogens is 1. The van der Waals surface area contributed by atoms with Crippen molar-refractivity contribution in [3.05, 3.63) is 65.1 Å². The molecule has 1 aliphatic rings. The molecule has 3 heteroatoms. The van der Waals surface area contributed by atoms with E-state index in [4.69, 9.17) is 5.73 Å². The van der Waals surface area contributed by atoms with Gasteiger partial charge in [0.1, 0.15) is 5.82 Å². The Morgan fingerprint density at radius 3 is 2.83 bits per heavy atom. The number of nitrogens with zero attached hydrogens (tertiary/aromatic N) is 1. The summed E-state index contributed by atoms with van der Waals surface area (Å²) in [5.74, 6) is -0.141. The number of hydrogen-bond donors (Lipinski definition) is 1. The Hall–Kier alpha value is -2.29. The molecule has 1 heterocycles. The Bertz CT molecular complexity index is 909. The van der Waals surface area contributed by atoms with Crippen molar-refractivity contribution in [3.8, 4) is 0 Å². The first-order chi connectivity index (χ1) is 11.1. The molecule has 118 valence electrons. The second-order valence-electron chi connectivity index (χ2n) is 6.63. The molecule has 0 aliphatic heterocycles. The normalized spacial score (nSPS) is 20.1. The zero-order valence-corrected chi connectivity index (χ0v) is 13.6. The molecule has 23 heavy (non-hydrogen) atoms. The van der Waals surface area contributed by atoms with E-state index in [9.17, 15) is 4.39 Å². The highest BCUT2D eigenvalue weighted by Crippen LogP contribution is 2.49. The van der Waals surface area contributed by atoms with E-state index in [1.54, 1.807) is 12.1 Å². The third-order valence-corrected chi connectivity index (χ3v) is 5.56. The van der Waals surface area contributed by atoms with E-state index in [2.05, 4.69) is 23.8 Å². The number of aryl methyl sites for hydroxylation is 2. The molecular formula is C20H21FN2. The van der Waals surface area contributed by atoms with Crippen LogP contribution in [-0.2, 0) is 18.9 Å². The molecule has 1 unspecified atom stereocenters. The van der Waals surface area contributed by atoms with E-state index in [-0.39, 0.29) is 11.2 Å². The topological polar surface area (TPSA) is 30.9 Å². The molecule has 0 fully saturated rings. The minimum Gasteiger partial charge on any atom is -0.397 e. The highest BCUT2D eigenvalue weighted by atomic mass is 19.1. The van der Waals surface area contributed by atoms with E-state index in [0.29, 0.717) is 0 Å². The predicted octanol–water partition coefficient (Wildman–Crippen LogP) is 4.54. The number of rotatable bonds is 2. The van der Waals surface area contributed by atoms with Gasteiger partial charge in [0.15, 0.2) is 0 Å². The summed E-state index contributed by atoms with van der Waals surface area (Å²) >= 11 is 0. The number of benzene rings is 2. The largest absolute Gasteiger partial charge is 0.397 e. The van der Waals surface area contributed by atoms with Crippen molar-refractivity contribution in [1.29, 1.82) is 0 Å². The number of nitrogens with two attached hydrogens (primary N) is 1. The second kappa shape index (κ2) is 4.85. The van der Waals surface area contributed by atoms with E-state index in [1.165, 1.54) is 16.5 Å². The molecule has 0 amide bonds. The fourth-order valence-corrected chi connectivity index (χ4v) is 4.44. The maximum atomic E-state index is 13.6. The molecule has 2 nitrogen and oxygen atoms in total. The van der Waals surface area contributed by atoms with Crippen LogP contribution in [-0.4, -0.2) is 4.57 Å². The number of halogens is 1. The van der Waals surface area contributed by atoms with Crippen LogP contribution in [0.15, 0.2) is 42.6 Å². The highest BCUT2D eigenvalue weighted by Gasteiger charge is 2.40. The van der Waals surface area contributed by atoms with Crippen LogP contribution < -0.4 is 5.73 Å². The number of para-hydroxylation sites is 1. The summed E-state index contributed by atoms with van der Waals surface area (Å²) < 4.78 is 15.7. The standard InChI is InChI=1S/C20H21FN2/c1-3-20(10-9-13-11-14(21)7-8-16(13)20)17-12-23(2)19-15(17)5-4-6-18(19)22/h4-8,11-12H,3,9-10,22H2,1-2H3. The lowest BCUT2D eigenvalue weighted by atomic mass is 9.73. The smallest absolute Gasteiger partial charge is 0.123 e. The summed E-state index contributed by atoms with van der Waals surface area (Å²) in [6.45, 7) is 2.23. The van der Waals surface area contributed by atoms with Gasteiger partial charge in [-0.25, -0.2) is 4.39 Å². The Morgan fingerprint density at radius 2 is 2.04 bits per heavy atom. The van der Waals surface area contributed by atoms with Crippen molar-refractivity contribution in [1.82, 2.24) is 4.57 Å². The van der Waals surface area contributed by atoms with Crippen LogP contribution in [0.2, 0.25) is 0 Å². The van der Waals surface area contributed by atoms with Crippen LogP contribution in [0.5, 0.6) is 0 Å². The van der Waals surface area contributed by atoms with Crippen molar-refractivity contribution in [2.45, 2.75) is 31.6 Å². The Balaban J connectivity index is 2.02. The molecule has 1 atom stereocenters. The lowest BCUT2D eigenvalue weighted by Crippen LogP contribution is -2.23. The lowest BCUT2D eigenvalue weighted by molar-refractivity contribution is 0.495. The van der Waals surface area contributed by atoms with Gasteiger partial charge < -0.3 is 10.3 Å². The number of nitrogen functional groups attached to an aromatic ring is 1. The van der Waals surface area contributed by atoms with Gasteiger partial charge in [0.25, 0.3) is 0 Å². The molecule has 1 aromatic heterocycles. The molecular weight excluding hydrogens is 287 g/mol. The summed E-state index contributed by atoms with van der Waals surface area (Å²) in [6, 6.07) is 11.4. The summed E-state index contributed by atoms with van der Waals surface area (Å²) in [6.07, 6.45) is 5.17. The van der Waals surface area contributed by atoms with Crippen molar-refractivity contribution in [3.63, 3.8) is 0 Å². The average Bonchev–Trinajstić information content (AvgIpc) is 3.07. The molecule has 1 aliphatic carbocycles. The molecule has 0 radical (unpaired) electrons. The summed E-state index contributed by atoms with van der Waals surface area (Å²) in [5, 5.41) is 1.21. The molecule has 0 saturated carbocycles. The number of anilines is 1. The van der Waals surface area contributed by atoms with E-state index in [0.717, 1.165) is 36.0 Å². The molecule has 2 aromatic carbocycles. The molecule has 0 spiro atoms. The third-order valence-electron chi connectivity index (χ3n) is 5.56. The maximum Gasteiger partial charge on any atom is 0.123 e. The third kappa shape index (κ3) is 1.86. The molecule has 3 aromatic rings. The van der Waals surface area contributed by atoms with Crippen molar-refractivity contribution < 1.29 is 4.39 Å². The minimum atomic E-state index is -0.141. The summed E-state index contributed by atoms with van der Waals surface area (Å²) in [7, 11) is 2.05. The molecule has 0 saturated heterocycles. The van der Waals surface area contributed by atoms with Crippen molar-refractivity contribution in [2.24, 2.45) is 7.05 Å². The Morgan fingerprint density at radius 1 is 1.22 bits per heavy atom. The van der Waals surface area contributed by atoms with Crippen molar-refractivity contribution in [2.75, 3.05) is 5.73 Å². The van der Waals surface area contributed by atoms with Crippen LogP contribution in [0.1, 0.15) is 36.5 Å². The molecule has 4 rings (SSSR count). The van der Waals surface area contributed by atoms with Gasteiger partial charge in [-0.3, -0.25) is 0 Å². The van der Waals surface area contributed by atoms with Gasteiger partial charge in [0, 0.05) is 24.0 Å². The van der Waals surface area contributed by atoms with Gasteiger partial charge in [-0.15, -0.1) is 0 Å². The monoisotopic (exact) mass is 308 g/mol. The Labute approximate surface area is 135 Å². The van der Waals surface area contributed by atoms with Crippen LogP contribution >= 0.6 is 0 Å².